The van der Waals surface area contributed by atoms with Crippen LogP contribution < -0.4 is 5.32 Å². The van der Waals surface area contributed by atoms with Gasteiger partial charge in [-0.15, -0.1) is 0 Å². The van der Waals surface area contributed by atoms with Crippen molar-refractivity contribution in [3.05, 3.63) is 30.1 Å². The highest BCUT2D eigenvalue weighted by molar-refractivity contribution is 5.94. The lowest BCUT2D eigenvalue weighted by Gasteiger charge is -2.11. The summed E-state index contributed by atoms with van der Waals surface area (Å²) < 4.78 is 4.89. The Balaban J connectivity index is 2.59. The first-order valence-corrected chi connectivity index (χ1v) is 3.97. The Kier molecular flexibility index (Phi) is 3.40. The number of rotatable bonds is 3. The van der Waals surface area contributed by atoms with Crippen molar-refractivity contribution < 1.29 is 9.53 Å². The van der Waals surface area contributed by atoms with Gasteiger partial charge in [0.2, 0.25) is 0 Å². The molecule has 1 unspecified atom stereocenters. The number of pyridine rings is 1. The summed E-state index contributed by atoms with van der Waals surface area (Å²) in [6.45, 7) is 1.76. The quantitative estimate of drug-likeness (QED) is 0.700. The van der Waals surface area contributed by atoms with Crippen molar-refractivity contribution in [2.24, 2.45) is 0 Å². The highest BCUT2D eigenvalue weighted by Gasteiger charge is 2.07. The summed E-state index contributed by atoms with van der Waals surface area (Å²) in [6.07, 6.45) is 2.87. The van der Waals surface area contributed by atoms with Crippen molar-refractivity contribution in [3.8, 4) is 0 Å². The first kappa shape index (κ1) is 9.67. The number of carbonyl (C=O) groups excluding carboxylic acids is 1. The average molecular weight is 180 g/mol. The lowest BCUT2D eigenvalue weighted by molar-refractivity contribution is 0.0658. The summed E-state index contributed by atoms with van der Waals surface area (Å²) in [5.41, 5.74) is 0.582. The molecule has 0 aromatic carbocycles. The Morgan fingerprint density at radius 3 is 2.69 bits per heavy atom. The van der Waals surface area contributed by atoms with Gasteiger partial charge < -0.3 is 10.1 Å². The summed E-state index contributed by atoms with van der Waals surface area (Å²) >= 11 is 0. The van der Waals surface area contributed by atoms with E-state index in [9.17, 15) is 4.79 Å². The number of methoxy groups -OCH3 is 1. The average Bonchev–Trinajstić information content (AvgIpc) is 2.19. The molecular weight excluding hydrogens is 168 g/mol. The van der Waals surface area contributed by atoms with Gasteiger partial charge >= 0.3 is 0 Å². The molecule has 0 radical (unpaired) electrons. The predicted octanol–water partition coefficient (Wildman–Crippen LogP) is 0.804. The first-order valence-electron chi connectivity index (χ1n) is 3.97. The van der Waals surface area contributed by atoms with Crippen molar-refractivity contribution in [2.75, 3.05) is 7.11 Å². The molecule has 1 aromatic heterocycles. The van der Waals surface area contributed by atoms with Crippen LogP contribution in [0.3, 0.4) is 0 Å². The van der Waals surface area contributed by atoms with E-state index >= 15 is 0 Å². The van der Waals surface area contributed by atoms with Gasteiger partial charge in [0.1, 0.15) is 6.23 Å². The molecule has 1 rings (SSSR count). The van der Waals surface area contributed by atoms with Crippen LogP contribution in [-0.2, 0) is 4.74 Å². The molecule has 0 saturated carbocycles. The number of amides is 1. The lowest BCUT2D eigenvalue weighted by Crippen LogP contribution is -2.33. The normalized spacial score (nSPS) is 12.2. The van der Waals surface area contributed by atoms with Crippen LogP contribution in [0.2, 0.25) is 0 Å². The molecule has 1 atom stereocenters. The van der Waals surface area contributed by atoms with Gasteiger partial charge in [-0.2, -0.15) is 0 Å². The van der Waals surface area contributed by atoms with Crippen molar-refractivity contribution in [1.29, 1.82) is 0 Å². The maximum Gasteiger partial charge on any atom is 0.253 e. The zero-order valence-corrected chi connectivity index (χ0v) is 7.65. The van der Waals surface area contributed by atoms with Crippen molar-refractivity contribution >= 4 is 5.91 Å². The fourth-order valence-electron chi connectivity index (χ4n) is 0.830. The monoisotopic (exact) mass is 180 g/mol. The summed E-state index contributed by atoms with van der Waals surface area (Å²) in [5.74, 6) is -0.156. The number of hydrogen-bond donors (Lipinski definition) is 1. The van der Waals surface area contributed by atoms with E-state index in [0.717, 1.165) is 0 Å². The molecule has 1 amide bonds. The standard InChI is InChI=1S/C9H12N2O2/c1-7(13-2)11-9(12)8-3-5-10-6-4-8/h3-7H,1-2H3,(H,11,12). The number of nitrogens with zero attached hydrogens (tertiary/aromatic N) is 1. The molecule has 1 heterocycles. The fraction of sp³-hybridized carbons (Fsp3) is 0.333. The molecule has 4 heteroatoms. The van der Waals surface area contributed by atoms with Crippen LogP contribution in [-0.4, -0.2) is 24.2 Å². The Labute approximate surface area is 76.9 Å². The van der Waals surface area contributed by atoms with Crippen LogP contribution in [0.15, 0.2) is 24.5 Å². The summed E-state index contributed by atoms with van der Waals surface area (Å²) in [6, 6.07) is 3.30. The maximum atomic E-state index is 11.4. The van der Waals surface area contributed by atoms with Crippen molar-refractivity contribution in [1.82, 2.24) is 10.3 Å². The SMILES string of the molecule is COC(C)NC(=O)c1ccncc1. The van der Waals surface area contributed by atoms with Crippen LogP contribution in [0, 0.1) is 0 Å². The van der Waals surface area contributed by atoms with Gasteiger partial charge in [0.15, 0.2) is 0 Å². The topological polar surface area (TPSA) is 51.2 Å². The van der Waals surface area contributed by atoms with Crippen LogP contribution in [0.5, 0.6) is 0 Å². The zero-order valence-electron chi connectivity index (χ0n) is 7.65. The van der Waals surface area contributed by atoms with Crippen molar-refractivity contribution in [2.45, 2.75) is 13.2 Å². The number of nitrogens with one attached hydrogen (secondary N) is 1. The van der Waals surface area contributed by atoms with Crippen LogP contribution in [0.25, 0.3) is 0 Å². The lowest BCUT2D eigenvalue weighted by atomic mass is 10.2. The second-order valence-electron chi connectivity index (χ2n) is 2.59. The molecule has 0 bridgehead atoms. The third-order valence-electron chi connectivity index (χ3n) is 1.63. The van der Waals surface area contributed by atoms with Gasteiger partial charge in [0, 0.05) is 25.1 Å². The highest BCUT2D eigenvalue weighted by Crippen LogP contribution is 1.96. The molecule has 70 valence electrons. The van der Waals surface area contributed by atoms with E-state index in [1.807, 2.05) is 0 Å². The van der Waals surface area contributed by atoms with E-state index in [0.29, 0.717) is 5.56 Å². The number of ether oxygens (including phenoxy) is 1. The molecule has 4 nitrogen and oxygen atoms in total. The molecule has 0 spiro atoms. The van der Waals surface area contributed by atoms with Crippen LogP contribution in [0.1, 0.15) is 17.3 Å². The Morgan fingerprint density at radius 1 is 1.54 bits per heavy atom. The zero-order chi connectivity index (χ0) is 9.68. The Hall–Kier alpha value is -1.42. The van der Waals surface area contributed by atoms with Crippen molar-refractivity contribution in [3.63, 3.8) is 0 Å². The predicted molar refractivity (Wildman–Crippen MR) is 48.2 cm³/mol. The minimum atomic E-state index is -0.277. The molecule has 0 fully saturated rings. The Morgan fingerprint density at radius 2 is 2.15 bits per heavy atom. The summed E-state index contributed by atoms with van der Waals surface area (Å²) in [4.78, 5) is 15.2. The largest absolute Gasteiger partial charge is 0.362 e. The molecule has 13 heavy (non-hydrogen) atoms. The minimum Gasteiger partial charge on any atom is -0.362 e. The molecule has 0 aliphatic carbocycles. The van der Waals surface area contributed by atoms with Gasteiger partial charge in [0.25, 0.3) is 5.91 Å². The van der Waals surface area contributed by atoms with Gasteiger partial charge in [-0.05, 0) is 19.1 Å². The van der Waals surface area contributed by atoms with E-state index < -0.39 is 0 Å². The molecule has 0 saturated heterocycles. The number of carbonyl (C=O) groups is 1. The van der Waals surface area contributed by atoms with E-state index in [-0.39, 0.29) is 12.1 Å². The summed E-state index contributed by atoms with van der Waals surface area (Å²) in [7, 11) is 1.54. The van der Waals surface area contributed by atoms with Gasteiger partial charge in [0.05, 0.1) is 0 Å². The second kappa shape index (κ2) is 4.57. The first-order chi connectivity index (χ1) is 6.24. The van der Waals surface area contributed by atoms with Gasteiger partial charge in [-0.3, -0.25) is 9.78 Å². The fourth-order valence-corrected chi connectivity index (χ4v) is 0.830. The number of hydrogen-bond acceptors (Lipinski definition) is 3. The molecular formula is C9H12N2O2. The number of aromatic nitrogens is 1. The second-order valence-corrected chi connectivity index (χ2v) is 2.59. The van der Waals surface area contributed by atoms with Crippen LogP contribution >= 0.6 is 0 Å². The highest BCUT2D eigenvalue weighted by atomic mass is 16.5. The van der Waals surface area contributed by atoms with Crippen LogP contribution in [0.4, 0.5) is 0 Å². The molecule has 0 aliphatic rings. The van der Waals surface area contributed by atoms with E-state index in [4.69, 9.17) is 4.74 Å². The summed E-state index contributed by atoms with van der Waals surface area (Å²) in [5, 5.41) is 2.66. The molecule has 1 N–H and O–H groups in total. The van der Waals surface area contributed by atoms with E-state index in [1.54, 1.807) is 31.5 Å². The van der Waals surface area contributed by atoms with Gasteiger partial charge in [-0.25, -0.2) is 0 Å². The van der Waals surface area contributed by atoms with E-state index in [1.165, 1.54) is 7.11 Å². The molecule has 0 aliphatic heterocycles. The third-order valence-corrected chi connectivity index (χ3v) is 1.63. The van der Waals surface area contributed by atoms with Gasteiger partial charge in [-0.1, -0.05) is 0 Å². The smallest absolute Gasteiger partial charge is 0.253 e. The molecule has 1 aromatic rings. The minimum absolute atomic E-state index is 0.156. The third kappa shape index (κ3) is 2.83. The Bertz CT molecular complexity index is 274. The van der Waals surface area contributed by atoms with E-state index in [2.05, 4.69) is 10.3 Å². The maximum absolute atomic E-state index is 11.4.